The monoisotopic (exact) mass is 267 g/mol. The molecule has 1 aromatic rings. The van der Waals surface area contributed by atoms with Crippen LogP contribution in [0.4, 0.5) is 0 Å². The van der Waals surface area contributed by atoms with Gasteiger partial charge in [-0.15, -0.1) is 0 Å². The SMILES string of the molecule is CCC(N)Cc1cc(C)nc(CSC(C)CC)n1. The second-order valence-corrected chi connectivity index (χ2v) is 6.25. The lowest BCUT2D eigenvalue weighted by Crippen LogP contribution is -2.22. The van der Waals surface area contributed by atoms with Gasteiger partial charge in [0, 0.05) is 29.1 Å². The van der Waals surface area contributed by atoms with Gasteiger partial charge < -0.3 is 5.73 Å². The summed E-state index contributed by atoms with van der Waals surface area (Å²) in [7, 11) is 0. The fourth-order valence-electron chi connectivity index (χ4n) is 1.62. The van der Waals surface area contributed by atoms with Gasteiger partial charge in [-0.1, -0.05) is 20.8 Å². The molecule has 0 saturated carbocycles. The van der Waals surface area contributed by atoms with E-state index in [0.717, 1.165) is 35.8 Å². The van der Waals surface area contributed by atoms with Gasteiger partial charge in [-0.25, -0.2) is 9.97 Å². The molecular weight excluding hydrogens is 242 g/mol. The second kappa shape index (κ2) is 7.74. The molecule has 2 atom stereocenters. The predicted octanol–water partition coefficient (Wildman–Crippen LogP) is 3.10. The van der Waals surface area contributed by atoms with E-state index in [4.69, 9.17) is 5.73 Å². The number of thioether (sulfide) groups is 1. The molecule has 1 rings (SSSR count). The molecule has 1 aromatic heterocycles. The number of aromatic nitrogens is 2. The van der Waals surface area contributed by atoms with Crippen LogP contribution in [0.3, 0.4) is 0 Å². The van der Waals surface area contributed by atoms with Crippen LogP contribution in [0.25, 0.3) is 0 Å². The normalized spacial score (nSPS) is 14.5. The van der Waals surface area contributed by atoms with Crippen molar-refractivity contribution in [1.29, 1.82) is 0 Å². The molecule has 0 aliphatic rings. The standard InChI is InChI=1S/C14H25N3S/c1-5-11(4)18-9-14-16-10(3)7-13(17-14)8-12(15)6-2/h7,11-12H,5-6,8-9,15H2,1-4H3. The third-order valence-corrected chi connectivity index (χ3v) is 4.35. The lowest BCUT2D eigenvalue weighted by molar-refractivity contribution is 0.633. The summed E-state index contributed by atoms with van der Waals surface area (Å²) in [5.41, 5.74) is 8.11. The summed E-state index contributed by atoms with van der Waals surface area (Å²) in [4.78, 5) is 9.12. The molecule has 3 nitrogen and oxygen atoms in total. The Labute approximate surface area is 115 Å². The van der Waals surface area contributed by atoms with Gasteiger partial charge in [0.25, 0.3) is 0 Å². The van der Waals surface area contributed by atoms with Gasteiger partial charge in [0.1, 0.15) is 5.82 Å². The van der Waals surface area contributed by atoms with Gasteiger partial charge in [0.2, 0.25) is 0 Å². The van der Waals surface area contributed by atoms with E-state index in [1.807, 2.05) is 24.8 Å². The molecule has 0 radical (unpaired) electrons. The van der Waals surface area contributed by atoms with Gasteiger partial charge in [-0.2, -0.15) is 11.8 Å². The molecule has 0 fully saturated rings. The zero-order chi connectivity index (χ0) is 13.5. The molecule has 102 valence electrons. The van der Waals surface area contributed by atoms with Crippen LogP contribution in [0.2, 0.25) is 0 Å². The number of rotatable bonds is 7. The molecule has 0 aliphatic heterocycles. The van der Waals surface area contributed by atoms with Crippen LogP contribution in [0.15, 0.2) is 6.07 Å². The van der Waals surface area contributed by atoms with Crippen molar-refractivity contribution < 1.29 is 0 Å². The van der Waals surface area contributed by atoms with Crippen molar-refractivity contribution in [2.45, 2.75) is 64.0 Å². The van der Waals surface area contributed by atoms with Crippen LogP contribution < -0.4 is 5.73 Å². The van der Waals surface area contributed by atoms with Crippen molar-refractivity contribution >= 4 is 11.8 Å². The van der Waals surface area contributed by atoms with Crippen molar-refractivity contribution in [1.82, 2.24) is 9.97 Å². The van der Waals surface area contributed by atoms with Crippen molar-refractivity contribution in [3.63, 3.8) is 0 Å². The van der Waals surface area contributed by atoms with E-state index in [1.165, 1.54) is 6.42 Å². The van der Waals surface area contributed by atoms with Crippen LogP contribution in [0, 0.1) is 6.92 Å². The molecule has 0 aliphatic carbocycles. The maximum Gasteiger partial charge on any atom is 0.138 e. The van der Waals surface area contributed by atoms with Crippen LogP contribution in [0.1, 0.15) is 50.8 Å². The highest BCUT2D eigenvalue weighted by Gasteiger charge is 2.08. The first-order valence-corrected chi connectivity index (χ1v) is 7.80. The minimum absolute atomic E-state index is 0.203. The summed E-state index contributed by atoms with van der Waals surface area (Å²) in [6, 6.07) is 2.25. The molecule has 2 unspecified atom stereocenters. The Morgan fingerprint density at radius 2 is 2.00 bits per heavy atom. The second-order valence-electron chi connectivity index (χ2n) is 4.82. The Morgan fingerprint density at radius 1 is 1.28 bits per heavy atom. The Kier molecular flexibility index (Phi) is 6.65. The minimum Gasteiger partial charge on any atom is -0.327 e. The third-order valence-electron chi connectivity index (χ3n) is 3.02. The van der Waals surface area contributed by atoms with E-state index >= 15 is 0 Å². The lowest BCUT2D eigenvalue weighted by Gasteiger charge is -2.11. The third kappa shape index (κ3) is 5.36. The first kappa shape index (κ1) is 15.4. The Hall–Kier alpha value is -0.610. The van der Waals surface area contributed by atoms with Gasteiger partial charge in [0.05, 0.1) is 5.75 Å². The van der Waals surface area contributed by atoms with E-state index in [2.05, 4.69) is 30.7 Å². The van der Waals surface area contributed by atoms with E-state index in [-0.39, 0.29) is 6.04 Å². The van der Waals surface area contributed by atoms with Crippen LogP contribution in [-0.2, 0) is 12.2 Å². The zero-order valence-corrected chi connectivity index (χ0v) is 12.8. The average molecular weight is 267 g/mol. The number of aryl methyl sites for hydroxylation is 1. The molecule has 2 N–H and O–H groups in total. The van der Waals surface area contributed by atoms with Crippen LogP contribution >= 0.6 is 11.8 Å². The smallest absolute Gasteiger partial charge is 0.138 e. The fourth-order valence-corrected chi connectivity index (χ4v) is 2.42. The highest BCUT2D eigenvalue weighted by Crippen LogP contribution is 2.18. The molecule has 1 heterocycles. The first-order chi connectivity index (χ1) is 8.55. The predicted molar refractivity (Wildman–Crippen MR) is 79.8 cm³/mol. The van der Waals surface area contributed by atoms with Crippen molar-refractivity contribution in [2.75, 3.05) is 0 Å². The summed E-state index contributed by atoms with van der Waals surface area (Å²) in [5.74, 6) is 1.84. The summed E-state index contributed by atoms with van der Waals surface area (Å²) < 4.78 is 0. The quantitative estimate of drug-likeness (QED) is 0.825. The van der Waals surface area contributed by atoms with E-state index < -0.39 is 0 Å². The highest BCUT2D eigenvalue weighted by atomic mass is 32.2. The maximum absolute atomic E-state index is 5.98. The van der Waals surface area contributed by atoms with Gasteiger partial charge in [-0.05, 0) is 25.8 Å². The molecule has 18 heavy (non-hydrogen) atoms. The van der Waals surface area contributed by atoms with Gasteiger partial charge in [0.15, 0.2) is 0 Å². The Morgan fingerprint density at radius 3 is 2.61 bits per heavy atom. The molecule has 4 heteroatoms. The number of hydrogen-bond donors (Lipinski definition) is 1. The van der Waals surface area contributed by atoms with E-state index in [0.29, 0.717) is 5.25 Å². The number of nitrogens with zero attached hydrogens (tertiary/aromatic N) is 2. The average Bonchev–Trinajstić information content (AvgIpc) is 2.35. The summed E-state index contributed by atoms with van der Waals surface area (Å²) >= 11 is 1.92. The summed E-state index contributed by atoms with van der Waals surface area (Å²) in [6.07, 6.45) is 3.02. The minimum atomic E-state index is 0.203. The first-order valence-electron chi connectivity index (χ1n) is 6.75. The van der Waals surface area contributed by atoms with Crippen LogP contribution in [-0.4, -0.2) is 21.3 Å². The molecule has 0 aromatic carbocycles. The summed E-state index contributed by atoms with van der Waals surface area (Å²) in [5, 5.41) is 0.662. The zero-order valence-electron chi connectivity index (χ0n) is 11.9. The Balaban J connectivity index is 2.68. The topological polar surface area (TPSA) is 51.8 Å². The largest absolute Gasteiger partial charge is 0.327 e. The van der Waals surface area contributed by atoms with Crippen molar-refractivity contribution in [3.05, 3.63) is 23.3 Å². The van der Waals surface area contributed by atoms with Gasteiger partial charge >= 0.3 is 0 Å². The van der Waals surface area contributed by atoms with E-state index in [9.17, 15) is 0 Å². The summed E-state index contributed by atoms with van der Waals surface area (Å²) in [6.45, 7) is 8.59. The molecule has 0 spiro atoms. The molecule has 0 saturated heterocycles. The van der Waals surface area contributed by atoms with Crippen molar-refractivity contribution in [3.8, 4) is 0 Å². The Bertz CT molecular complexity index is 368. The fraction of sp³-hybridized carbons (Fsp3) is 0.714. The highest BCUT2D eigenvalue weighted by molar-refractivity contribution is 7.99. The number of nitrogens with two attached hydrogens (primary N) is 1. The maximum atomic E-state index is 5.98. The van der Waals surface area contributed by atoms with Crippen LogP contribution in [0.5, 0.6) is 0 Å². The number of hydrogen-bond acceptors (Lipinski definition) is 4. The van der Waals surface area contributed by atoms with Gasteiger partial charge in [-0.3, -0.25) is 0 Å². The van der Waals surface area contributed by atoms with Crippen molar-refractivity contribution in [2.24, 2.45) is 5.73 Å². The molecule has 0 bridgehead atoms. The van der Waals surface area contributed by atoms with E-state index in [1.54, 1.807) is 0 Å². The molecular formula is C14H25N3S. The molecule has 0 amide bonds. The lowest BCUT2D eigenvalue weighted by atomic mass is 10.1.